The highest BCUT2D eigenvalue weighted by Gasteiger charge is 2.28. The number of hydrogen-bond donors (Lipinski definition) is 3. The summed E-state index contributed by atoms with van der Waals surface area (Å²) in [5.74, 6) is 0.384. The highest BCUT2D eigenvalue weighted by Crippen LogP contribution is 2.38. The Hall–Kier alpha value is -2.32. The Morgan fingerprint density at radius 3 is 2.91 bits per heavy atom. The number of H-pyrrole nitrogens is 1. The molecule has 8 heteroatoms. The predicted octanol–water partition coefficient (Wildman–Crippen LogP) is 1.99. The standard InChI is InChI=1S/C15H15N3O4S/c1-8-16-13(7-23(20,21)22)15-14-10(4-5-18(8)15)11-6-9(19)2-3-12(11)17-14/h2-3,6,17,19H,4-5,7H2,1H3,(H,20,21,22). The Balaban J connectivity index is 2.00. The molecule has 7 nitrogen and oxygen atoms in total. The number of aromatic amines is 1. The van der Waals surface area contributed by atoms with E-state index >= 15 is 0 Å². The first-order chi connectivity index (χ1) is 10.8. The Bertz CT molecular complexity index is 1050. The lowest BCUT2D eigenvalue weighted by atomic mass is 10.0. The largest absolute Gasteiger partial charge is 0.508 e. The SMILES string of the molecule is Cc1nc(CS(=O)(=O)O)c2n1CCc1c-2[nH]c2ccc(O)cc12. The molecule has 0 aliphatic carbocycles. The Morgan fingerprint density at radius 1 is 1.39 bits per heavy atom. The van der Waals surface area contributed by atoms with E-state index in [-0.39, 0.29) is 5.75 Å². The van der Waals surface area contributed by atoms with Crippen LogP contribution in [0.1, 0.15) is 17.1 Å². The van der Waals surface area contributed by atoms with Crippen LogP contribution in [-0.2, 0) is 28.8 Å². The number of aromatic hydroxyl groups is 1. The van der Waals surface area contributed by atoms with E-state index in [4.69, 9.17) is 0 Å². The molecule has 0 radical (unpaired) electrons. The van der Waals surface area contributed by atoms with E-state index < -0.39 is 15.9 Å². The summed E-state index contributed by atoms with van der Waals surface area (Å²) >= 11 is 0. The van der Waals surface area contributed by atoms with Crippen molar-refractivity contribution >= 4 is 21.0 Å². The molecule has 0 fully saturated rings. The zero-order valence-electron chi connectivity index (χ0n) is 12.4. The first-order valence-electron chi connectivity index (χ1n) is 7.18. The summed E-state index contributed by atoms with van der Waals surface area (Å²) in [6.07, 6.45) is 0.758. The van der Waals surface area contributed by atoms with Crippen molar-refractivity contribution < 1.29 is 18.1 Å². The summed E-state index contributed by atoms with van der Waals surface area (Å²) in [5.41, 5.74) is 3.73. The highest BCUT2D eigenvalue weighted by molar-refractivity contribution is 7.85. The van der Waals surface area contributed by atoms with Crippen LogP contribution in [0.3, 0.4) is 0 Å². The van der Waals surface area contributed by atoms with Gasteiger partial charge in [0.05, 0.1) is 17.1 Å². The average molecular weight is 333 g/mol. The number of aryl methyl sites for hydroxylation is 2. The van der Waals surface area contributed by atoms with Crippen LogP contribution in [0.5, 0.6) is 5.75 Å². The Morgan fingerprint density at radius 2 is 2.17 bits per heavy atom. The molecule has 3 heterocycles. The molecular weight excluding hydrogens is 318 g/mol. The van der Waals surface area contributed by atoms with Gasteiger partial charge in [-0.1, -0.05) is 0 Å². The van der Waals surface area contributed by atoms with Crippen LogP contribution in [0.4, 0.5) is 0 Å². The summed E-state index contributed by atoms with van der Waals surface area (Å²) in [6, 6.07) is 5.09. The van der Waals surface area contributed by atoms with Crippen LogP contribution in [0.15, 0.2) is 18.2 Å². The lowest BCUT2D eigenvalue weighted by Gasteiger charge is -2.17. The molecule has 0 amide bonds. The van der Waals surface area contributed by atoms with Gasteiger partial charge >= 0.3 is 0 Å². The van der Waals surface area contributed by atoms with Crippen molar-refractivity contribution in [3.05, 3.63) is 35.3 Å². The van der Waals surface area contributed by atoms with Crippen LogP contribution >= 0.6 is 0 Å². The molecule has 23 heavy (non-hydrogen) atoms. The van der Waals surface area contributed by atoms with E-state index in [1.807, 2.05) is 11.5 Å². The van der Waals surface area contributed by atoms with Crippen molar-refractivity contribution in [1.82, 2.24) is 14.5 Å². The fourth-order valence-electron chi connectivity index (χ4n) is 3.37. The van der Waals surface area contributed by atoms with Crippen molar-refractivity contribution in [1.29, 1.82) is 0 Å². The minimum atomic E-state index is -4.17. The van der Waals surface area contributed by atoms with Gasteiger partial charge in [-0.25, -0.2) is 4.98 Å². The number of aromatic nitrogens is 3. The summed E-state index contributed by atoms with van der Waals surface area (Å²) in [5, 5.41) is 10.6. The van der Waals surface area contributed by atoms with Gasteiger partial charge in [0.2, 0.25) is 0 Å². The van der Waals surface area contributed by atoms with E-state index in [0.29, 0.717) is 23.8 Å². The molecule has 1 aliphatic heterocycles. The zero-order valence-corrected chi connectivity index (χ0v) is 13.2. The van der Waals surface area contributed by atoms with Crippen LogP contribution in [0, 0.1) is 6.92 Å². The van der Waals surface area contributed by atoms with Gasteiger partial charge in [0.1, 0.15) is 17.3 Å². The molecule has 0 atom stereocenters. The maximum atomic E-state index is 11.3. The first kappa shape index (κ1) is 14.3. The van der Waals surface area contributed by atoms with Gasteiger partial charge in [0.15, 0.2) is 0 Å². The quantitative estimate of drug-likeness (QED) is 0.622. The van der Waals surface area contributed by atoms with Crippen molar-refractivity contribution in [2.24, 2.45) is 0 Å². The number of imidazole rings is 1. The minimum Gasteiger partial charge on any atom is -0.508 e. The van der Waals surface area contributed by atoms with Gasteiger partial charge in [-0.05, 0) is 37.1 Å². The predicted molar refractivity (Wildman–Crippen MR) is 84.9 cm³/mol. The maximum absolute atomic E-state index is 11.3. The molecule has 0 bridgehead atoms. The second kappa shape index (κ2) is 4.59. The third-order valence-corrected chi connectivity index (χ3v) is 4.90. The average Bonchev–Trinajstić information content (AvgIpc) is 2.95. The summed E-state index contributed by atoms with van der Waals surface area (Å²) in [6.45, 7) is 2.49. The molecular formula is C15H15N3O4S. The molecule has 3 N–H and O–H groups in total. The molecule has 0 saturated heterocycles. The smallest absolute Gasteiger partial charge is 0.270 e. The number of fused-ring (bicyclic) bond motifs is 5. The molecule has 2 aromatic heterocycles. The summed E-state index contributed by atoms with van der Waals surface area (Å²) < 4.78 is 33.7. The fraction of sp³-hybridized carbons (Fsp3) is 0.267. The van der Waals surface area contributed by atoms with Gasteiger partial charge in [0, 0.05) is 17.4 Å². The van der Waals surface area contributed by atoms with Crippen molar-refractivity contribution in [2.75, 3.05) is 0 Å². The first-order valence-corrected chi connectivity index (χ1v) is 8.79. The van der Waals surface area contributed by atoms with E-state index in [9.17, 15) is 18.1 Å². The number of phenolic OH excluding ortho intramolecular Hbond substituents is 1. The van der Waals surface area contributed by atoms with E-state index in [1.54, 1.807) is 18.2 Å². The van der Waals surface area contributed by atoms with Gasteiger partial charge < -0.3 is 14.7 Å². The van der Waals surface area contributed by atoms with Gasteiger partial charge in [-0.15, -0.1) is 0 Å². The monoisotopic (exact) mass is 333 g/mol. The van der Waals surface area contributed by atoms with Gasteiger partial charge in [0.25, 0.3) is 10.1 Å². The lowest BCUT2D eigenvalue weighted by molar-refractivity contribution is 0.476. The Labute approximate surface area is 132 Å². The van der Waals surface area contributed by atoms with E-state index in [0.717, 1.165) is 28.6 Å². The summed E-state index contributed by atoms with van der Waals surface area (Å²) in [7, 11) is -4.17. The van der Waals surface area contributed by atoms with Crippen LogP contribution in [0.25, 0.3) is 22.3 Å². The zero-order chi connectivity index (χ0) is 16.4. The molecule has 0 spiro atoms. The van der Waals surface area contributed by atoms with Crippen molar-refractivity contribution in [3.8, 4) is 17.1 Å². The number of nitrogens with zero attached hydrogens (tertiary/aromatic N) is 2. The van der Waals surface area contributed by atoms with E-state index in [1.165, 1.54) is 0 Å². The topological polar surface area (TPSA) is 108 Å². The van der Waals surface area contributed by atoms with E-state index in [2.05, 4.69) is 9.97 Å². The minimum absolute atomic E-state index is 0.188. The molecule has 0 unspecified atom stereocenters. The second-order valence-electron chi connectivity index (χ2n) is 5.79. The fourth-order valence-corrected chi connectivity index (χ4v) is 3.92. The number of nitrogens with one attached hydrogen (secondary N) is 1. The normalized spacial score (nSPS) is 14.0. The molecule has 1 aliphatic rings. The number of rotatable bonds is 2. The lowest BCUT2D eigenvalue weighted by Crippen LogP contribution is -2.12. The Kier molecular flexibility index (Phi) is 2.85. The van der Waals surface area contributed by atoms with Gasteiger partial charge in [-0.3, -0.25) is 4.55 Å². The van der Waals surface area contributed by atoms with Crippen LogP contribution < -0.4 is 0 Å². The third kappa shape index (κ3) is 2.22. The molecule has 4 rings (SSSR count). The number of benzene rings is 1. The maximum Gasteiger partial charge on any atom is 0.270 e. The van der Waals surface area contributed by atoms with Crippen LogP contribution in [-0.4, -0.2) is 32.6 Å². The van der Waals surface area contributed by atoms with Gasteiger partial charge in [-0.2, -0.15) is 8.42 Å². The third-order valence-electron chi connectivity index (χ3n) is 4.26. The molecule has 1 aromatic carbocycles. The van der Waals surface area contributed by atoms with Crippen LogP contribution in [0.2, 0.25) is 0 Å². The summed E-state index contributed by atoms with van der Waals surface area (Å²) in [4.78, 5) is 7.61. The number of phenols is 1. The molecule has 0 saturated carbocycles. The highest BCUT2D eigenvalue weighted by atomic mass is 32.2. The molecule has 120 valence electrons. The van der Waals surface area contributed by atoms with Crippen molar-refractivity contribution in [2.45, 2.75) is 25.6 Å². The van der Waals surface area contributed by atoms with Crippen molar-refractivity contribution in [3.63, 3.8) is 0 Å². The molecule has 3 aromatic rings. The second-order valence-corrected chi connectivity index (χ2v) is 7.24. The number of hydrogen-bond acceptors (Lipinski definition) is 4.